The molecule has 0 atom stereocenters. The second-order valence-corrected chi connectivity index (χ2v) is 0. The van der Waals surface area contributed by atoms with Crippen LogP contribution in [-0.4, -0.2) is 65.7 Å². The van der Waals surface area contributed by atoms with Gasteiger partial charge in [0.25, 0.3) is 0 Å². The SMILES string of the molecule is O.O.O.O.O.O.O.O.O.O.O.O.[Ru]. The van der Waals surface area contributed by atoms with E-state index in [1.807, 2.05) is 0 Å². The van der Waals surface area contributed by atoms with Crippen molar-refractivity contribution in [1.82, 2.24) is 0 Å². The summed E-state index contributed by atoms with van der Waals surface area (Å²) in [7, 11) is 0. The van der Waals surface area contributed by atoms with Crippen LogP contribution < -0.4 is 0 Å². The minimum absolute atomic E-state index is 0. The molecule has 13 heavy (non-hydrogen) atoms. The molecule has 104 valence electrons. The van der Waals surface area contributed by atoms with E-state index < -0.39 is 0 Å². The summed E-state index contributed by atoms with van der Waals surface area (Å²) in [5.74, 6) is 0. The molecular formula is H24O12Ru. The first-order valence-electron chi connectivity index (χ1n) is 0. The van der Waals surface area contributed by atoms with E-state index >= 15 is 0 Å². The van der Waals surface area contributed by atoms with Crippen molar-refractivity contribution in [2.75, 3.05) is 0 Å². The zero-order valence-electron chi connectivity index (χ0n) is 6.35. The van der Waals surface area contributed by atoms with Gasteiger partial charge in [-0.1, -0.05) is 0 Å². The monoisotopic (exact) mass is 318 g/mol. The molecule has 0 saturated heterocycles. The summed E-state index contributed by atoms with van der Waals surface area (Å²) in [4.78, 5) is 0. The maximum atomic E-state index is 0. The van der Waals surface area contributed by atoms with E-state index in [-0.39, 0.29) is 85.2 Å². The van der Waals surface area contributed by atoms with Crippen molar-refractivity contribution in [3.63, 3.8) is 0 Å². The largest absolute Gasteiger partial charge is 0.412 e. The summed E-state index contributed by atoms with van der Waals surface area (Å²) in [5, 5.41) is 0. The van der Waals surface area contributed by atoms with Crippen molar-refractivity contribution in [2.45, 2.75) is 0 Å². The predicted octanol–water partition coefficient (Wildman–Crippen LogP) is -9.90. The van der Waals surface area contributed by atoms with E-state index in [0.29, 0.717) is 0 Å². The van der Waals surface area contributed by atoms with Crippen LogP contribution in [0.5, 0.6) is 0 Å². The van der Waals surface area contributed by atoms with Crippen LogP contribution in [0.15, 0.2) is 0 Å². The van der Waals surface area contributed by atoms with E-state index in [0.717, 1.165) is 0 Å². The van der Waals surface area contributed by atoms with Gasteiger partial charge in [-0.2, -0.15) is 0 Å². The van der Waals surface area contributed by atoms with Crippen LogP contribution in [0.2, 0.25) is 0 Å². The van der Waals surface area contributed by atoms with Crippen molar-refractivity contribution in [2.24, 2.45) is 0 Å². The molecule has 0 aliphatic heterocycles. The van der Waals surface area contributed by atoms with E-state index in [9.17, 15) is 0 Å². The third-order valence-electron chi connectivity index (χ3n) is 0. The molecular weight excluding hydrogens is 293 g/mol. The van der Waals surface area contributed by atoms with Gasteiger partial charge in [-0.05, 0) is 0 Å². The molecule has 0 aliphatic rings. The molecule has 0 aliphatic carbocycles. The van der Waals surface area contributed by atoms with E-state index in [4.69, 9.17) is 0 Å². The Balaban J connectivity index is 0. The van der Waals surface area contributed by atoms with Gasteiger partial charge in [0.05, 0.1) is 0 Å². The van der Waals surface area contributed by atoms with Crippen LogP contribution in [0.3, 0.4) is 0 Å². The standard InChI is InChI=1S/12H2O.Ru/h12*1H2;. The molecule has 0 aromatic heterocycles. The smallest absolute Gasteiger partial charge is 0 e. The second-order valence-electron chi connectivity index (χ2n) is 0. The summed E-state index contributed by atoms with van der Waals surface area (Å²) in [5.41, 5.74) is 0. The molecule has 0 radical (unpaired) electrons. The molecule has 0 saturated carbocycles. The van der Waals surface area contributed by atoms with E-state index in [1.165, 1.54) is 0 Å². The minimum Gasteiger partial charge on any atom is -0.412 e. The third-order valence-corrected chi connectivity index (χ3v) is 0. The fourth-order valence-electron chi connectivity index (χ4n) is 0. The zero-order valence-corrected chi connectivity index (χ0v) is 8.09. The van der Waals surface area contributed by atoms with Crippen LogP contribution in [0.25, 0.3) is 0 Å². The van der Waals surface area contributed by atoms with Crippen molar-refractivity contribution in [3.05, 3.63) is 0 Å². The molecule has 0 bridgehead atoms. The molecule has 0 spiro atoms. The molecule has 24 N–H and O–H groups in total. The van der Waals surface area contributed by atoms with Gasteiger partial charge >= 0.3 is 0 Å². The van der Waals surface area contributed by atoms with Crippen molar-refractivity contribution < 1.29 is 85.2 Å². The average molecular weight is 317 g/mol. The minimum atomic E-state index is 0. The van der Waals surface area contributed by atoms with Crippen molar-refractivity contribution >= 4 is 0 Å². The molecule has 0 heterocycles. The molecule has 0 aromatic carbocycles. The number of hydrogen-bond acceptors (Lipinski definition) is 0. The molecule has 0 fully saturated rings. The van der Waals surface area contributed by atoms with Gasteiger partial charge in [0.2, 0.25) is 0 Å². The first kappa shape index (κ1) is 94300. The first-order valence-corrected chi connectivity index (χ1v) is 0. The van der Waals surface area contributed by atoms with Gasteiger partial charge in [0.15, 0.2) is 0 Å². The van der Waals surface area contributed by atoms with Crippen LogP contribution in [0.4, 0.5) is 0 Å². The molecule has 0 unspecified atom stereocenters. The third kappa shape index (κ3) is 60800. The molecule has 0 rings (SSSR count). The normalized spacial score (nSPS) is 0. The Morgan fingerprint density at radius 1 is 0.154 bits per heavy atom. The summed E-state index contributed by atoms with van der Waals surface area (Å²) in [6, 6.07) is 0. The van der Waals surface area contributed by atoms with Crippen LogP contribution in [-0.2, 0) is 19.5 Å². The van der Waals surface area contributed by atoms with Gasteiger partial charge in [-0.15, -0.1) is 0 Å². The Kier molecular flexibility index (Phi) is 532000000. The van der Waals surface area contributed by atoms with Gasteiger partial charge < -0.3 is 65.7 Å². The fourth-order valence-corrected chi connectivity index (χ4v) is 0. The Hall–Kier alpha value is 0.143. The Bertz CT molecular complexity index is 5.09. The summed E-state index contributed by atoms with van der Waals surface area (Å²) >= 11 is 0. The summed E-state index contributed by atoms with van der Waals surface area (Å²) in [6.07, 6.45) is 0. The molecule has 13 heteroatoms. The molecule has 12 nitrogen and oxygen atoms in total. The topological polar surface area (TPSA) is 378 Å². The maximum Gasteiger partial charge on any atom is 0 e. The predicted molar refractivity (Wildman–Crippen MR) is 43.4 cm³/mol. The second kappa shape index (κ2) is 73400. The average Bonchev–Trinajstić information content (AvgIpc) is 0. The van der Waals surface area contributed by atoms with Gasteiger partial charge in [0, 0.05) is 19.5 Å². The fraction of sp³-hybridized carbons (Fsp3) is 0. The Labute approximate surface area is 86.0 Å². The summed E-state index contributed by atoms with van der Waals surface area (Å²) in [6.45, 7) is 0. The van der Waals surface area contributed by atoms with E-state index in [1.54, 1.807) is 0 Å². The Morgan fingerprint density at radius 3 is 0.154 bits per heavy atom. The maximum absolute atomic E-state index is 0. The quantitative estimate of drug-likeness (QED) is 0.375. The number of hydrogen-bond donors (Lipinski definition) is 0. The zero-order chi connectivity index (χ0) is 0. The van der Waals surface area contributed by atoms with Crippen LogP contribution >= 0.6 is 0 Å². The molecule has 0 aromatic rings. The van der Waals surface area contributed by atoms with Crippen molar-refractivity contribution in [1.29, 1.82) is 0 Å². The Morgan fingerprint density at radius 2 is 0.154 bits per heavy atom. The van der Waals surface area contributed by atoms with Gasteiger partial charge in [-0.3, -0.25) is 0 Å². The molecule has 0 amide bonds. The van der Waals surface area contributed by atoms with Gasteiger partial charge in [-0.25, -0.2) is 0 Å². The summed E-state index contributed by atoms with van der Waals surface area (Å²) < 4.78 is 0. The van der Waals surface area contributed by atoms with Crippen LogP contribution in [0.1, 0.15) is 0 Å². The van der Waals surface area contributed by atoms with Crippen molar-refractivity contribution in [3.8, 4) is 0 Å². The first-order chi connectivity index (χ1) is 0. The van der Waals surface area contributed by atoms with E-state index in [2.05, 4.69) is 0 Å². The van der Waals surface area contributed by atoms with Gasteiger partial charge in [0.1, 0.15) is 0 Å². The van der Waals surface area contributed by atoms with Crippen LogP contribution in [0, 0.1) is 0 Å². The number of rotatable bonds is 0.